The van der Waals surface area contributed by atoms with Gasteiger partial charge < -0.3 is 9.64 Å². The van der Waals surface area contributed by atoms with Crippen LogP contribution in [-0.4, -0.2) is 35.5 Å². The van der Waals surface area contributed by atoms with E-state index in [1.54, 1.807) is 0 Å². The molecule has 0 aromatic rings. The van der Waals surface area contributed by atoms with Gasteiger partial charge >= 0.3 is 5.97 Å². The second-order valence-electron chi connectivity index (χ2n) is 6.97. The molecular formula is C16H27NO3. The lowest BCUT2D eigenvalue weighted by Crippen LogP contribution is -2.55. The number of nitrogens with zero attached hydrogens (tertiary/aromatic N) is 1. The molecule has 0 spiro atoms. The van der Waals surface area contributed by atoms with Crippen molar-refractivity contribution in [1.82, 2.24) is 4.90 Å². The number of carbonyl (C=O) groups excluding carboxylic acids is 2. The van der Waals surface area contributed by atoms with E-state index in [9.17, 15) is 9.59 Å². The molecule has 0 N–H and O–H groups in total. The summed E-state index contributed by atoms with van der Waals surface area (Å²) >= 11 is 0. The molecule has 2 aliphatic rings. The van der Waals surface area contributed by atoms with E-state index in [2.05, 4.69) is 13.8 Å². The van der Waals surface area contributed by atoms with Crippen molar-refractivity contribution in [1.29, 1.82) is 0 Å². The summed E-state index contributed by atoms with van der Waals surface area (Å²) < 4.78 is 5.67. The van der Waals surface area contributed by atoms with E-state index < -0.39 is 16.4 Å². The molecule has 2 fully saturated rings. The normalized spacial score (nSPS) is 34.1. The van der Waals surface area contributed by atoms with Crippen LogP contribution < -0.4 is 0 Å². The van der Waals surface area contributed by atoms with Crippen LogP contribution in [-0.2, 0) is 14.3 Å². The van der Waals surface area contributed by atoms with E-state index in [4.69, 9.17) is 4.74 Å². The van der Waals surface area contributed by atoms with Gasteiger partial charge in [0.05, 0.1) is 5.41 Å². The zero-order valence-corrected chi connectivity index (χ0v) is 13.4. The Kier molecular flexibility index (Phi) is 3.64. The van der Waals surface area contributed by atoms with Crippen LogP contribution in [0.5, 0.6) is 0 Å². The number of esters is 1. The average molecular weight is 281 g/mol. The average Bonchev–Trinajstić information content (AvgIpc) is 2.68. The van der Waals surface area contributed by atoms with Crippen molar-refractivity contribution in [3.63, 3.8) is 0 Å². The van der Waals surface area contributed by atoms with E-state index in [0.717, 1.165) is 32.4 Å². The smallest absolute Gasteiger partial charge is 0.313 e. The fourth-order valence-corrected chi connectivity index (χ4v) is 3.83. The van der Waals surface area contributed by atoms with Crippen molar-refractivity contribution in [2.75, 3.05) is 13.1 Å². The summed E-state index contributed by atoms with van der Waals surface area (Å²) in [6, 6.07) is 0. The fraction of sp³-hybridized carbons (Fsp3) is 0.875. The summed E-state index contributed by atoms with van der Waals surface area (Å²) in [6.07, 6.45) is 3.25. The lowest BCUT2D eigenvalue weighted by Gasteiger charge is -2.39. The molecule has 4 heteroatoms. The van der Waals surface area contributed by atoms with Gasteiger partial charge in [0.2, 0.25) is 0 Å². The zero-order chi connectivity index (χ0) is 15.2. The van der Waals surface area contributed by atoms with Crippen molar-refractivity contribution >= 4 is 11.9 Å². The highest BCUT2D eigenvalue weighted by Gasteiger charge is 2.76. The molecule has 0 aromatic heterocycles. The Morgan fingerprint density at radius 1 is 1.15 bits per heavy atom. The van der Waals surface area contributed by atoms with Crippen LogP contribution in [0.4, 0.5) is 0 Å². The standard InChI is InChI=1S/C16H27NO3/c1-6-10-17(11-7-2)12(18)16-9-8-15(5,13(19)20-16)14(16,3)4/h6-11H2,1-5H3/t15-,16-/m0/s1. The third kappa shape index (κ3) is 1.66. The second kappa shape index (κ2) is 4.74. The first-order chi connectivity index (χ1) is 9.27. The Morgan fingerprint density at radius 2 is 1.70 bits per heavy atom. The second-order valence-corrected chi connectivity index (χ2v) is 6.97. The summed E-state index contributed by atoms with van der Waals surface area (Å²) in [6.45, 7) is 11.6. The molecule has 0 radical (unpaired) electrons. The van der Waals surface area contributed by atoms with Gasteiger partial charge in [-0.1, -0.05) is 27.7 Å². The number of ether oxygens (including phenoxy) is 1. The van der Waals surface area contributed by atoms with Crippen molar-refractivity contribution in [2.24, 2.45) is 10.8 Å². The molecule has 0 unspecified atom stereocenters. The van der Waals surface area contributed by atoms with Gasteiger partial charge in [0.1, 0.15) is 0 Å². The molecule has 1 heterocycles. The van der Waals surface area contributed by atoms with Gasteiger partial charge in [-0.05, 0) is 32.6 Å². The Balaban J connectivity index is 2.36. The predicted octanol–water partition coefficient (Wildman–Crippen LogP) is 2.76. The number of fused-ring (bicyclic) bond motifs is 2. The van der Waals surface area contributed by atoms with Crippen molar-refractivity contribution in [3.8, 4) is 0 Å². The SMILES string of the molecule is CCCN(CCC)C(=O)[C@]12CC[C@@](C)(C(=O)O1)C2(C)C. The predicted molar refractivity (Wildman–Crippen MR) is 77.1 cm³/mol. The van der Waals surface area contributed by atoms with Crippen LogP contribution >= 0.6 is 0 Å². The maximum atomic E-state index is 13.1. The maximum Gasteiger partial charge on any atom is 0.313 e. The van der Waals surface area contributed by atoms with E-state index in [1.165, 1.54) is 0 Å². The zero-order valence-electron chi connectivity index (χ0n) is 13.4. The molecule has 1 amide bonds. The van der Waals surface area contributed by atoms with E-state index in [1.807, 2.05) is 25.7 Å². The molecule has 0 aromatic carbocycles. The summed E-state index contributed by atoms with van der Waals surface area (Å²) in [4.78, 5) is 27.2. The molecule has 2 bridgehead atoms. The topological polar surface area (TPSA) is 46.6 Å². The van der Waals surface area contributed by atoms with Crippen LogP contribution in [0, 0.1) is 10.8 Å². The van der Waals surface area contributed by atoms with Crippen molar-refractivity contribution in [3.05, 3.63) is 0 Å². The molecule has 1 aliphatic heterocycles. The van der Waals surface area contributed by atoms with Gasteiger partial charge in [-0.25, -0.2) is 0 Å². The van der Waals surface area contributed by atoms with Crippen molar-refractivity contribution in [2.45, 2.75) is 65.9 Å². The third-order valence-electron chi connectivity index (χ3n) is 5.70. The third-order valence-corrected chi connectivity index (χ3v) is 5.70. The Bertz CT molecular complexity index is 425. The first kappa shape index (κ1) is 15.3. The van der Waals surface area contributed by atoms with Gasteiger partial charge in [0, 0.05) is 18.5 Å². The maximum absolute atomic E-state index is 13.1. The first-order valence-electron chi connectivity index (χ1n) is 7.79. The van der Waals surface area contributed by atoms with E-state index in [0.29, 0.717) is 6.42 Å². The van der Waals surface area contributed by atoms with Gasteiger partial charge in [-0.2, -0.15) is 0 Å². The summed E-state index contributed by atoms with van der Waals surface area (Å²) in [7, 11) is 0. The highest BCUT2D eigenvalue weighted by Crippen LogP contribution is 2.65. The monoisotopic (exact) mass is 281 g/mol. The molecule has 1 saturated heterocycles. The number of carbonyl (C=O) groups is 2. The minimum Gasteiger partial charge on any atom is -0.448 e. The number of amides is 1. The van der Waals surface area contributed by atoms with Gasteiger partial charge in [0.25, 0.3) is 5.91 Å². The molecule has 2 rings (SSSR count). The van der Waals surface area contributed by atoms with Gasteiger partial charge in [-0.15, -0.1) is 0 Å². The quantitative estimate of drug-likeness (QED) is 0.728. The van der Waals surface area contributed by atoms with Crippen LogP contribution in [0.2, 0.25) is 0 Å². The minimum absolute atomic E-state index is 0.0146. The summed E-state index contributed by atoms with van der Waals surface area (Å²) in [5, 5.41) is 0. The largest absolute Gasteiger partial charge is 0.448 e. The number of hydrogen-bond acceptors (Lipinski definition) is 3. The molecule has 1 saturated carbocycles. The molecule has 4 nitrogen and oxygen atoms in total. The first-order valence-corrected chi connectivity index (χ1v) is 7.79. The molecule has 114 valence electrons. The number of hydrogen-bond donors (Lipinski definition) is 0. The Morgan fingerprint density at radius 3 is 2.05 bits per heavy atom. The van der Waals surface area contributed by atoms with Crippen LogP contribution in [0.1, 0.15) is 60.3 Å². The fourth-order valence-electron chi connectivity index (χ4n) is 3.83. The van der Waals surface area contributed by atoms with Crippen molar-refractivity contribution < 1.29 is 14.3 Å². The van der Waals surface area contributed by atoms with E-state index >= 15 is 0 Å². The Labute approximate surface area is 121 Å². The molecular weight excluding hydrogens is 254 g/mol. The van der Waals surface area contributed by atoms with Crippen LogP contribution in [0.25, 0.3) is 0 Å². The van der Waals surface area contributed by atoms with E-state index in [-0.39, 0.29) is 11.9 Å². The minimum atomic E-state index is -0.941. The Hall–Kier alpha value is -1.06. The lowest BCUT2D eigenvalue weighted by molar-refractivity contribution is -0.174. The molecule has 1 aliphatic carbocycles. The number of rotatable bonds is 5. The molecule has 20 heavy (non-hydrogen) atoms. The highest BCUT2D eigenvalue weighted by molar-refractivity contribution is 5.96. The van der Waals surface area contributed by atoms with Gasteiger partial charge in [0.15, 0.2) is 5.60 Å². The summed E-state index contributed by atoms with van der Waals surface area (Å²) in [5.41, 5.74) is -1.90. The van der Waals surface area contributed by atoms with Crippen LogP contribution in [0.15, 0.2) is 0 Å². The van der Waals surface area contributed by atoms with Crippen LogP contribution in [0.3, 0.4) is 0 Å². The highest BCUT2D eigenvalue weighted by atomic mass is 16.6. The van der Waals surface area contributed by atoms with Gasteiger partial charge in [-0.3, -0.25) is 9.59 Å². The summed E-state index contributed by atoms with van der Waals surface area (Å²) in [5.74, 6) is -0.184. The lowest BCUT2D eigenvalue weighted by atomic mass is 9.66. The molecule has 2 atom stereocenters.